The third kappa shape index (κ3) is 5.08. The van der Waals surface area contributed by atoms with Gasteiger partial charge in [0.05, 0.1) is 25.5 Å². The molecule has 3 rings (SSSR count). The molecule has 1 aliphatic rings. The number of nitrogens with one attached hydrogen (secondary N) is 1. The zero-order valence-electron chi connectivity index (χ0n) is 15.4. The second-order valence-corrected chi connectivity index (χ2v) is 7.61. The van der Waals surface area contributed by atoms with Gasteiger partial charge >= 0.3 is 0 Å². The van der Waals surface area contributed by atoms with Crippen LogP contribution in [0.2, 0.25) is 0 Å². The van der Waals surface area contributed by atoms with E-state index in [0.29, 0.717) is 44.3 Å². The van der Waals surface area contributed by atoms with Gasteiger partial charge in [-0.25, -0.2) is 9.97 Å². The summed E-state index contributed by atoms with van der Waals surface area (Å²) in [5.74, 6) is -0.0474. The van der Waals surface area contributed by atoms with Crippen LogP contribution in [0.1, 0.15) is 52.3 Å². The van der Waals surface area contributed by atoms with Crippen molar-refractivity contribution in [1.82, 2.24) is 25.2 Å². The molecule has 0 unspecified atom stereocenters. The maximum absolute atomic E-state index is 12.6. The molecule has 1 N–H and O–H groups in total. The summed E-state index contributed by atoms with van der Waals surface area (Å²) in [4.78, 5) is 39.3. The Hall–Kier alpha value is -2.39. The quantitative estimate of drug-likeness (QED) is 0.811. The lowest BCUT2D eigenvalue weighted by Gasteiger charge is -2.26. The summed E-state index contributed by atoms with van der Waals surface area (Å²) >= 11 is 1.39. The Morgan fingerprint density at radius 1 is 1.26 bits per heavy atom. The first-order valence-corrected chi connectivity index (χ1v) is 9.82. The number of nitrogens with zero attached hydrogens (tertiary/aromatic N) is 4. The molecule has 1 fully saturated rings. The standard InChI is InChI=1S/C18H23N5O3S/c1-12(2)9-13(21-16(24)14-10-19-3-4-20-14)17-22-15(11-27-17)18(25)23-5-7-26-8-6-23/h3-4,10-13H,5-9H2,1-2H3,(H,21,24)/t13-/m0/s1. The van der Waals surface area contributed by atoms with Crippen molar-refractivity contribution in [3.8, 4) is 0 Å². The lowest BCUT2D eigenvalue weighted by atomic mass is 10.0. The van der Waals surface area contributed by atoms with Gasteiger partial charge in [-0.3, -0.25) is 14.6 Å². The molecule has 0 radical (unpaired) electrons. The topological polar surface area (TPSA) is 97.3 Å². The van der Waals surface area contributed by atoms with Crippen molar-refractivity contribution in [2.24, 2.45) is 5.92 Å². The first kappa shape index (κ1) is 19.4. The highest BCUT2D eigenvalue weighted by atomic mass is 32.1. The van der Waals surface area contributed by atoms with Crippen LogP contribution in [0.25, 0.3) is 0 Å². The average molecular weight is 389 g/mol. The van der Waals surface area contributed by atoms with E-state index in [0.717, 1.165) is 5.01 Å². The summed E-state index contributed by atoms with van der Waals surface area (Å²) in [6.45, 7) is 6.40. The van der Waals surface area contributed by atoms with Crippen LogP contribution in [0, 0.1) is 5.92 Å². The molecule has 0 bridgehead atoms. The van der Waals surface area contributed by atoms with E-state index >= 15 is 0 Å². The molecular weight excluding hydrogens is 366 g/mol. The molecule has 0 aromatic carbocycles. The van der Waals surface area contributed by atoms with Gasteiger partial charge in [0.15, 0.2) is 0 Å². The molecule has 0 saturated carbocycles. The van der Waals surface area contributed by atoms with Gasteiger partial charge in [-0.05, 0) is 12.3 Å². The summed E-state index contributed by atoms with van der Waals surface area (Å²) in [6.07, 6.45) is 5.14. The molecule has 2 aromatic rings. The lowest BCUT2D eigenvalue weighted by Crippen LogP contribution is -2.40. The fourth-order valence-corrected chi connectivity index (χ4v) is 3.67. The van der Waals surface area contributed by atoms with Crippen molar-refractivity contribution in [1.29, 1.82) is 0 Å². The molecule has 2 aromatic heterocycles. The molecule has 0 aliphatic carbocycles. The largest absolute Gasteiger partial charge is 0.378 e. The number of ether oxygens (including phenoxy) is 1. The van der Waals surface area contributed by atoms with Crippen molar-refractivity contribution >= 4 is 23.2 Å². The van der Waals surface area contributed by atoms with Gasteiger partial charge in [-0.1, -0.05) is 13.8 Å². The predicted molar refractivity (Wildman–Crippen MR) is 101 cm³/mol. The van der Waals surface area contributed by atoms with E-state index in [9.17, 15) is 9.59 Å². The first-order valence-electron chi connectivity index (χ1n) is 8.94. The molecule has 9 heteroatoms. The molecule has 1 aliphatic heterocycles. The van der Waals surface area contributed by atoms with Gasteiger partial charge in [0.25, 0.3) is 11.8 Å². The normalized spacial score (nSPS) is 15.6. The van der Waals surface area contributed by atoms with Crippen LogP contribution in [0.5, 0.6) is 0 Å². The Morgan fingerprint density at radius 2 is 2.04 bits per heavy atom. The van der Waals surface area contributed by atoms with Gasteiger partial charge < -0.3 is 15.0 Å². The lowest BCUT2D eigenvalue weighted by molar-refractivity contribution is 0.0299. The Labute approximate surface area is 162 Å². The fourth-order valence-electron chi connectivity index (χ4n) is 2.82. The molecule has 1 saturated heterocycles. The number of hydrogen-bond acceptors (Lipinski definition) is 7. The summed E-state index contributed by atoms with van der Waals surface area (Å²) in [6, 6.07) is -0.282. The number of carbonyl (C=O) groups is 2. The minimum atomic E-state index is -0.301. The van der Waals surface area contributed by atoms with Crippen LogP contribution in [-0.4, -0.2) is 58.0 Å². The number of carbonyl (C=O) groups excluding carboxylic acids is 2. The van der Waals surface area contributed by atoms with Crippen LogP contribution in [0.3, 0.4) is 0 Å². The summed E-state index contributed by atoms with van der Waals surface area (Å²) < 4.78 is 5.29. The second kappa shape index (κ2) is 9.01. The summed E-state index contributed by atoms with van der Waals surface area (Å²) in [5.41, 5.74) is 0.673. The van der Waals surface area contributed by atoms with Crippen molar-refractivity contribution in [3.05, 3.63) is 40.4 Å². The third-order valence-corrected chi connectivity index (χ3v) is 5.10. The maximum Gasteiger partial charge on any atom is 0.273 e. The molecular formula is C18H23N5O3S. The van der Waals surface area contributed by atoms with Gasteiger partial charge in [0, 0.05) is 30.9 Å². The summed E-state index contributed by atoms with van der Waals surface area (Å²) in [5, 5.41) is 5.45. The number of aromatic nitrogens is 3. The molecule has 0 spiro atoms. The van der Waals surface area contributed by atoms with E-state index in [1.165, 1.54) is 29.9 Å². The zero-order valence-corrected chi connectivity index (χ0v) is 16.2. The highest BCUT2D eigenvalue weighted by Crippen LogP contribution is 2.25. The number of morpholine rings is 1. The Kier molecular flexibility index (Phi) is 6.46. The van der Waals surface area contributed by atoms with Crippen molar-refractivity contribution in [3.63, 3.8) is 0 Å². The van der Waals surface area contributed by atoms with E-state index in [4.69, 9.17) is 4.74 Å². The maximum atomic E-state index is 12.6. The Morgan fingerprint density at radius 3 is 2.70 bits per heavy atom. The molecule has 144 valence electrons. The van der Waals surface area contributed by atoms with Crippen LogP contribution in [0.15, 0.2) is 24.0 Å². The fraction of sp³-hybridized carbons (Fsp3) is 0.500. The van der Waals surface area contributed by atoms with E-state index in [-0.39, 0.29) is 23.6 Å². The first-order chi connectivity index (χ1) is 13.0. The number of thiazole rings is 1. The van der Waals surface area contributed by atoms with Crippen molar-refractivity contribution < 1.29 is 14.3 Å². The zero-order chi connectivity index (χ0) is 19.2. The molecule has 1 atom stereocenters. The van der Waals surface area contributed by atoms with E-state index < -0.39 is 0 Å². The predicted octanol–water partition coefficient (Wildman–Crippen LogP) is 1.92. The monoisotopic (exact) mass is 389 g/mol. The van der Waals surface area contributed by atoms with E-state index in [1.54, 1.807) is 10.3 Å². The smallest absolute Gasteiger partial charge is 0.273 e. The molecule has 3 heterocycles. The SMILES string of the molecule is CC(C)C[C@H](NC(=O)c1cnccn1)c1nc(C(=O)N2CCOCC2)cs1. The van der Waals surface area contributed by atoms with Crippen LogP contribution >= 0.6 is 11.3 Å². The van der Waals surface area contributed by atoms with Crippen molar-refractivity contribution in [2.75, 3.05) is 26.3 Å². The molecule has 27 heavy (non-hydrogen) atoms. The van der Waals surface area contributed by atoms with Crippen LogP contribution in [0.4, 0.5) is 0 Å². The minimum Gasteiger partial charge on any atom is -0.378 e. The third-order valence-electron chi connectivity index (χ3n) is 4.15. The number of hydrogen-bond donors (Lipinski definition) is 1. The minimum absolute atomic E-state index is 0.0932. The van der Waals surface area contributed by atoms with E-state index in [2.05, 4.69) is 34.1 Å². The van der Waals surface area contributed by atoms with Crippen LogP contribution < -0.4 is 5.32 Å². The van der Waals surface area contributed by atoms with Gasteiger partial charge in [-0.15, -0.1) is 11.3 Å². The van der Waals surface area contributed by atoms with Gasteiger partial charge in [-0.2, -0.15) is 0 Å². The second-order valence-electron chi connectivity index (χ2n) is 6.72. The molecule has 2 amide bonds. The highest BCUT2D eigenvalue weighted by molar-refractivity contribution is 7.09. The van der Waals surface area contributed by atoms with Gasteiger partial charge in [0.2, 0.25) is 0 Å². The Bertz CT molecular complexity index is 774. The molecule has 8 nitrogen and oxygen atoms in total. The number of rotatable bonds is 6. The average Bonchev–Trinajstić information content (AvgIpc) is 3.18. The highest BCUT2D eigenvalue weighted by Gasteiger charge is 2.25. The Balaban J connectivity index is 1.74. The summed E-state index contributed by atoms with van der Waals surface area (Å²) in [7, 11) is 0. The van der Waals surface area contributed by atoms with E-state index in [1.807, 2.05) is 0 Å². The van der Waals surface area contributed by atoms with Crippen molar-refractivity contribution in [2.45, 2.75) is 26.3 Å². The number of amides is 2. The van der Waals surface area contributed by atoms with Crippen LogP contribution in [-0.2, 0) is 4.74 Å². The van der Waals surface area contributed by atoms with Gasteiger partial charge in [0.1, 0.15) is 16.4 Å².